The third-order valence-electron chi connectivity index (χ3n) is 5.73. The third-order valence-corrected chi connectivity index (χ3v) is 5.73. The molecule has 0 bridgehead atoms. The van der Waals surface area contributed by atoms with Gasteiger partial charge in [0.15, 0.2) is 0 Å². The Hall–Kier alpha value is -2.57. The molecule has 0 aromatic heterocycles. The summed E-state index contributed by atoms with van der Waals surface area (Å²) in [6.07, 6.45) is 5.98. The van der Waals surface area contributed by atoms with Gasteiger partial charge in [-0.2, -0.15) is 0 Å². The SMILES string of the molecule is C=C(NC)C1=CC(C(=O)NCCCC2CNCCO2)=CC(C(C)c2ccccc2)N1. The minimum absolute atomic E-state index is 0.0000341. The summed E-state index contributed by atoms with van der Waals surface area (Å²) in [4.78, 5) is 12.9. The molecule has 6 nitrogen and oxygen atoms in total. The predicted molar refractivity (Wildman–Crippen MR) is 121 cm³/mol. The number of morpholine rings is 1. The molecular formula is C24H34N4O2. The first kappa shape index (κ1) is 22.1. The van der Waals surface area contributed by atoms with Gasteiger partial charge in [-0.05, 0) is 30.6 Å². The van der Waals surface area contributed by atoms with Crippen molar-refractivity contribution in [2.24, 2.45) is 0 Å². The Morgan fingerprint density at radius 2 is 2.13 bits per heavy atom. The van der Waals surface area contributed by atoms with Crippen LogP contribution in [-0.2, 0) is 9.53 Å². The van der Waals surface area contributed by atoms with Crippen LogP contribution in [0.3, 0.4) is 0 Å². The van der Waals surface area contributed by atoms with Crippen molar-refractivity contribution in [3.05, 3.63) is 71.6 Å². The monoisotopic (exact) mass is 410 g/mol. The zero-order valence-corrected chi connectivity index (χ0v) is 18.0. The van der Waals surface area contributed by atoms with E-state index in [2.05, 4.69) is 46.9 Å². The summed E-state index contributed by atoms with van der Waals surface area (Å²) in [7, 11) is 1.83. The molecule has 4 N–H and O–H groups in total. The van der Waals surface area contributed by atoms with E-state index >= 15 is 0 Å². The van der Waals surface area contributed by atoms with Crippen LogP contribution in [-0.4, -0.2) is 51.3 Å². The molecule has 2 aliphatic heterocycles. The minimum atomic E-state index is -0.0501. The first-order valence-corrected chi connectivity index (χ1v) is 10.8. The molecule has 1 amide bonds. The summed E-state index contributed by atoms with van der Waals surface area (Å²) >= 11 is 0. The Morgan fingerprint density at radius 3 is 2.83 bits per heavy atom. The summed E-state index contributed by atoms with van der Waals surface area (Å²) in [5.41, 5.74) is 3.51. The lowest BCUT2D eigenvalue weighted by molar-refractivity contribution is -0.117. The number of rotatable bonds is 9. The Balaban J connectivity index is 1.63. The standard InChI is InChI=1S/C24H34N4O2/c1-17(19-8-5-4-6-9-19)22-14-20(15-23(28-22)18(2)25-3)24(29)27-11-7-10-21-16-26-12-13-30-21/h4-6,8-9,14-15,17,21-22,25-26,28H,2,7,10-13,16H2,1,3H3,(H,27,29). The van der Waals surface area contributed by atoms with Gasteiger partial charge in [0, 0.05) is 38.2 Å². The molecule has 1 aromatic carbocycles. The Bertz CT molecular complexity index is 782. The summed E-state index contributed by atoms with van der Waals surface area (Å²) in [6, 6.07) is 10.3. The molecule has 3 atom stereocenters. The lowest BCUT2D eigenvalue weighted by atomic mass is 9.89. The zero-order valence-electron chi connectivity index (χ0n) is 18.0. The van der Waals surface area contributed by atoms with Crippen molar-refractivity contribution < 1.29 is 9.53 Å². The smallest absolute Gasteiger partial charge is 0.251 e. The van der Waals surface area contributed by atoms with E-state index < -0.39 is 0 Å². The molecule has 0 saturated carbocycles. The number of amides is 1. The molecule has 3 rings (SSSR count). The lowest BCUT2D eigenvalue weighted by Gasteiger charge is -2.30. The van der Waals surface area contributed by atoms with Gasteiger partial charge in [-0.25, -0.2) is 0 Å². The molecule has 1 aromatic rings. The van der Waals surface area contributed by atoms with E-state index in [0.29, 0.717) is 12.1 Å². The number of likely N-dealkylation sites (N-methyl/N-ethyl adjacent to an activating group) is 1. The molecule has 30 heavy (non-hydrogen) atoms. The number of carbonyl (C=O) groups is 1. The van der Waals surface area contributed by atoms with E-state index in [4.69, 9.17) is 4.74 Å². The lowest BCUT2D eigenvalue weighted by Crippen LogP contribution is -2.39. The van der Waals surface area contributed by atoms with Gasteiger partial charge in [0.25, 0.3) is 5.91 Å². The number of nitrogens with one attached hydrogen (secondary N) is 4. The number of ether oxygens (including phenoxy) is 1. The maximum absolute atomic E-state index is 12.9. The van der Waals surface area contributed by atoms with Crippen LogP contribution < -0.4 is 21.3 Å². The quantitative estimate of drug-likeness (QED) is 0.470. The highest BCUT2D eigenvalue weighted by Gasteiger charge is 2.24. The fourth-order valence-electron chi connectivity index (χ4n) is 3.78. The number of hydrogen-bond donors (Lipinski definition) is 4. The fourth-order valence-corrected chi connectivity index (χ4v) is 3.78. The first-order valence-electron chi connectivity index (χ1n) is 10.8. The summed E-state index contributed by atoms with van der Waals surface area (Å²) in [5, 5.41) is 13.0. The topological polar surface area (TPSA) is 74.4 Å². The fraction of sp³-hybridized carbons (Fsp3) is 0.458. The predicted octanol–water partition coefficient (Wildman–Crippen LogP) is 2.19. The third kappa shape index (κ3) is 5.97. The van der Waals surface area contributed by atoms with Crippen molar-refractivity contribution in [1.82, 2.24) is 21.3 Å². The van der Waals surface area contributed by atoms with Gasteiger partial charge < -0.3 is 26.0 Å². The van der Waals surface area contributed by atoms with Gasteiger partial charge in [0.2, 0.25) is 0 Å². The normalized spacial score (nSPS) is 22.2. The second kappa shape index (κ2) is 11.0. The van der Waals surface area contributed by atoms with E-state index in [-0.39, 0.29) is 24.0 Å². The molecule has 3 unspecified atom stereocenters. The number of dihydropyridines is 1. The van der Waals surface area contributed by atoms with Gasteiger partial charge >= 0.3 is 0 Å². The van der Waals surface area contributed by atoms with Crippen molar-refractivity contribution in [3.63, 3.8) is 0 Å². The average molecular weight is 411 g/mol. The van der Waals surface area contributed by atoms with E-state index in [1.54, 1.807) is 0 Å². The summed E-state index contributed by atoms with van der Waals surface area (Å²) in [5.74, 6) is 0.157. The zero-order chi connectivity index (χ0) is 21.3. The molecule has 0 spiro atoms. The summed E-state index contributed by atoms with van der Waals surface area (Å²) < 4.78 is 5.72. The highest BCUT2D eigenvalue weighted by molar-refractivity contribution is 5.96. The Kier molecular flexibility index (Phi) is 8.11. The molecule has 1 saturated heterocycles. The number of carbonyl (C=O) groups excluding carboxylic acids is 1. The molecular weight excluding hydrogens is 376 g/mol. The first-order chi connectivity index (χ1) is 14.6. The number of benzene rings is 1. The van der Waals surface area contributed by atoms with Gasteiger partial charge in [-0.1, -0.05) is 43.8 Å². The largest absolute Gasteiger partial charge is 0.387 e. The van der Waals surface area contributed by atoms with Gasteiger partial charge in [-0.3, -0.25) is 4.79 Å². The maximum atomic E-state index is 12.9. The van der Waals surface area contributed by atoms with E-state index in [9.17, 15) is 4.79 Å². The van der Waals surface area contributed by atoms with Crippen LogP contribution in [0.1, 0.15) is 31.2 Å². The van der Waals surface area contributed by atoms with Crippen LogP contribution in [0.4, 0.5) is 0 Å². The van der Waals surface area contributed by atoms with Crippen LogP contribution in [0.25, 0.3) is 0 Å². The van der Waals surface area contributed by atoms with Crippen molar-refractivity contribution >= 4 is 5.91 Å². The van der Waals surface area contributed by atoms with E-state index in [1.165, 1.54) is 5.56 Å². The Labute approximate surface area is 179 Å². The highest BCUT2D eigenvalue weighted by atomic mass is 16.5. The molecule has 1 fully saturated rings. The minimum Gasteiger partial charge on any atom is -0.387 e. The van der Waals surface area contributed by atoms with Crippen LogP contribution in [0.2, 0.25) is 0 Å². The van der Waals surface area contributed by atoms with Crippen LogP contribution in [0, 0.1) is 0 Å². The van der Waals surface area contributed by atoms with Crippen molar-refractivity contribution in [1.29, 1.82) is 0 Å². The van der Waals surface area contributed by atoms with Crippen molar-refractivity contribution in [3.8, 4) is 0 Å². The van der Waals surface area contributed by atoms with Crippen LogP contribution in [0.5, 0.6) is 0 Å². The van der Waals surface area contributed by atoms with Crippen molar-refractivity contribution in [2.45, 2.75) is 37.8 Å². The van der Waals surface area contributed by atoms with Gasteiger partial charge in [0.1, 0.15) is 0 Å². The van der Waals surface area contributed by atoms with E-state index in [1.807, 2.05) is 37.4 Å². The van der Waals surface area contributed by atoms with Gasteiger partial charge in [0.05, 0.1) is 30.1 Å². The molecule has 2 heterocycles. The Morgan fingerprint density at radius 1 is 1.33 bits per heavy atom. The maximum Gasteiger partial charge on any atom is 0.251 e. The molecule has 6 heteroatoms. The van der Waals surface area contributed by atoms with Crippen LogP contribution in [0.15, 0.2) is 66.0 Å². The molecule has 0 radical (unpaired) electrons. The number of hydrogen-bond acceptors (Lipinski definition) is 5. The molecule has 0 aliphatic carbocycles. The van der Waals surface area contributed by atoms with Gasteiger partial charge in [-0.15, -0.1) is 0 Å². The van der Waals surface area contributed by atoms with E-state index in [0.717, 1.165) is 43.9 Å². The second-order valence-corrected chi connectivity index (χ2v) is 7.87. The average Bonchev–Trinajstić information content (AvgIpc) is 2.81. The van der Waals surface area contributed by atoms with Crippen LogP contribution >= 0.6 is 0 Å². The second-order valence-electron chi connectivity index (χ2n) is 7.87. The highest BCUT2D eigenvalue weighted by Crippen LogP contribution is 2.25. The summed E-state index contributed by atoms with van der Waals surface area (Å²) in [6.45, 7) is 9.45. The van der Waals surface area contributed by atoms with Crippen molar-refractivity contribution in [2.75, 3.05) is 33.3 Å². The molecule has 162 valence electrons. The molecule has 2 aliphatic rings.